The van der Waals surface area contributed by atoms with Crippen LogP contribution in [-0.2, 0) is 17.6 Å². The summed E-state index contributed by atoms with van der Waals surface area (Å²) in [6.07, 6.45) is 9.92. The maximum absolute atomic E-state index is 11.0. The molecule has 0 atom stereocenters. The molecule has 0 saturated heterocycles. The van der Waals surface area contributed by atoms with Gasteiger partial charge in [-0.2, -0.15) is 0 Å². The van der Waals surface area contributed by atoms with Gasteiger partial charge in [0.05, 0.1) is 0 Å². The third-order valence-corrected chi connectivity index (χ3v) is 3.61. The van der Waals surface area contributed by atoms with Crippen LogP contribution in [0, 0.1) is 0 Å². The molecule has 1 N–H and O–H groups in total. The number of rotatable bonds is 1. The van der Waals surface area contributed by atoms with Gasteiger partial charge in [0, 0.05) is 5.57 Å². The van der Waals surface area contributed by atoms with E-state index < -0.39 is 5.97 Å². The van der Waals surface area contributed by atoms with Crippen molar-refractivity contribution in [3.63, 3.8) is 0 Å². The number of fused-ring (bicyclic) bond motifs is 3. The summed E-state index contributed by atoms with van der Waals surface area (Å²) in [5, 5.41) is 9.02. The second-order valence-electron chi connectivity index (χ2n) is 4.62. The van der Waals surface area contributed by atoms with E-state index in [1.165, 1.54) is 16.7 Å². The van der Waals surface area contributed by atoms with Gasteiger partial charge in [-0.25, -0.2) is 4.79 Å². The Labute approximate surface area is 100 Å². The van der Waals surface area contributed by atoms with Crippen LogP contribution in [0.15, 0.2) is 23.8 Å². The second-order valence-corrected chi connectivity index (χ2v) is 4.62. The fourth-order valence-corrected chi connectivity index (χ4v) is 2.74. The van der Waals surface area contributed by atoms with Crippen LogP contribution in [0.2, 0.25) is 0 Å². The smallest absolute Gasteiger partial charge is 0.331 e. The Morgan fingerprint density at radius 2 is 1.82 bits per heavy atom. The fourth-order valence-electron chi connectivity index (χ4n) is 2.74. The summed E-state index contributed by atoms with van der Waals surface area (Å²) in [5.41, 5.74) is 5.72. The lowest BCUT2D eigenvalue weighted by Gasteiger charge is -2.21. The highest BCUT2D eigenvalue weighted by Gasteiger charge is 2.19. The molecular formula is C15H14O2. The average molecular weight is 226 g/mol. The number of carboxylic acid groups (broad SMARTS) is 1. The molecule has 0 heterocycles. The van der Waals surface area contributed by atoms with Gasteiger partial charge in [-0.3, -0.25) is 0 Å². The summed E-state index contributed by atoms with van der Waals surface area (Å²) >= 11 is 0. The molecule has 2 aliphatic rings. The summed E-state index contributed by atoms with van der Waals surface area (Å²) in [6.45, 7) is 0. The number of allylic oxidation sites excluding steroid dienone is 1. The Morgan fingerprint density at radius 3 is 2.65 bits per heavy atom. The third-order valence-electron chi connectivity index (χ3n) is 3.61. The molecule has 0 spiro atoms. The molecule has 17 heavy (non-hydrogen) atoms. The van der Waals surface area contributed by atoms with E-state index >= 15 is 0 Å². The van der Waals surface area contributed by atoms with Crippen LogP contribution in [0.3, 0.4) is 0 Å². The normalized spacial score (nSPS) is 17.1. The Balaban J connectivity index is 2.13. The van der Waals surface area contributed by atoms with Gasteiger partial charge < -0.3 is 5.11 Å². The van der Waals surface area contributed by atoms with Crippen LogP contribution in [0.5, 0.6) is 0 Å². The monoisotopic (exact) mass is 226 g/mol. The molecule has 3 rings (SSSR count). The molecule has 2 aliphatic carbocycles. The Morgan fingerprint density at radius 1 is 1.06 bits per heavy atom. The minimum atomic E-state index is -0.784. The van der Waals surface area contributed by atoms with Gasteiger partial charge in [0.25, 0.3) is 0 Å². The summed E-state index contributed by atoms with van der Waals surface area (Å²) in [6, 6.07) is 4.15. The van der Waals surface area contributed by atoms with Crippen molar-refractivity contribution in [1.82, 2.24) is 0 Å². The van der Waals surface area contributed by atoms with E-state index in [0.717, 1.165) is 24.8 Å². The molecule has 0 saturated carbocycles. The highest BCUT2D eigenvalue weighted by Crippen LogP contribution is 2.32. The van der Waals surface area contributed by atoms with E-state index in [2.05, 4.69) is 18.2 Å². The average Bonchev–Trinajstić information content (AvgIpc) is 2.38. The number of carboxylic acids is 1. The maximum atomic E-state index is 11.0. The minimum Gasteiger partial charge on any atom is -0.478 e. The quantitative estimate of drug-likeness (QED) is 0.799. The van der Waals surface area contributed by atoms with Crippen LogP contribution >= 0.6 is 0 Å². The van der Waals surface area contributed by atoms with Crippen LogP contribution < -0.4 is 0 Å². The van der Waals surface area contributed by atoms with E-state index in [0.29, 0.717) is 12.0 Å². The van der Waals surface area contributed by atoms with Gasteiger partial charge in [-0.15, -0.1) is 0 Å². The molecule has 1 aromatic rings. The highest BCUT2D eigenvalue weighted by atomic mass is 16.4. The van der Waals surface area contributed by atoms with Crippen molar-refractivity contribution in [2.45, 2.75) is 25.7 Å². The zero-order valence-corrected chi connectivity index (χ0v) is 9.57. The number of benzene rings is 1. The molecule has 2 heteroatoms. The zero-order chi connectivity index (χ0) is 11.8. The van der Waals surface area contributed by atoms with E-state index in [1.807, 2.05) is 12.1 Å². The molecule has 0 fully saturated rings. The first kappa shape index (κ1) is 10.3. The van der Waals surface area contributed by atoms with Crippen LogP contribution in [0.25, 0.3) is 12.2 Å². The molecule has 0 amide bonds. The summed E-state index contributed by atoms with van der Waals surface area (Å²) in [7, 11) is 0. The Kier molecular flexibility index (Phi) is 2.36. The first-order valence-corrected chi connectivity index (χ1v) is 6.01. The SMILES string of the molecule is O=C(O)C1=Cc2ccc3c(c2CC1)CCC=C3. The van der Waals surface area contributed by atoms with Crippen molar-refractivity contribution in [3.05, 3.63) is 46.0 Å². The fraction of sp³-hybridized carbons (Fsp3) is 0.267. The minimum absolute atomic E-state index is 0.531. The van der Waals surface area contributed by atoms with Gasteiger partial charge in [0.15, 0.2) is 0 Å². The second kappa shape index (κ2) is 3.88. The van der Waals surface area contributed by atoms with Gasteiger partial charge in [0.1, 0.15) is 0 Å². The lowest BCUT2D eigenvalue weighted by molar-refractivity contribution is -0.132. The molecule has 86 valence electrons. The first-order valence-electron chi connectivity index (χ1n) is 6.01. The number of aliphatic carboxylic acids is 1. The van der Waals surface area contributed by atoms with Gasteiger partial charge in [-0.05, 0) is 54.0 Å². The summed E-state index contributed by atoms with van der Waals surface area (Å²) in [5.74, 6) is -0.784. The van der Waals surface area contributed by atoms with Gasteiger partial charge >= 0.3 is 5.97 Å². The molecule has 0 bridgehead atoms. The predicted molar refractivity (Wildman–Crippen MR) is 67.7 cm³/mol. The molecule has 2 nitrogen and oxygen atoms in total. The Bertz CT molecular complexity index is 550. The van der Waals surface area contributed by atoms with Crippen molar-refractivity contribution < 1.29 is 9.90 Å². The molecule has 0 radical (unpaired) electrons. The maximum Gasteiger partial charge on any atom is 0.331 e. The molecular weight excluding hydrogens is 212 g/mol. The lowest BCUT2D eigenvalue weighted by Crippen LogP contribution is -2.11. The highest BCUT2D eigenvalue weighted by molar-refractivity contribution is 5.93. The molecule has 1 aromatic carbocycles. The number of carbonyl (C=O) groups is 1. The van der Waals surface area contributed by atoms with Gasteiger partial charge in [-0.1, -0.05) is 24.3 Å². The first-order chi connectivity index (χ1) is 8.25. The summed E-state index contributed by atoms with van der Waals surface area (Å²) < 4.78 is 0. The van der Waals surface area contributed by atoms with Crippen molar-refractivity contribution in [2.75, 3.05) is 0 Å². The standard InChI is InChI=1S/C15H14O2/c16-15(17)12-7-8-14-11(9-12)6-5-10-3-1-2-4-13(10)14/h1,3,5-6,9H,2,4,7-8H2,(H,16,17). The number of hydrogen-bond donors (Lipinski definition) is 1. The van der Waals surface area contributed by atoms with E-state index in [9.17, 15) is 4.79 Å². The van der Waals surface area contributed by atoms with Crippen LogP contribution in [-0.4, -0.2) is 11.1 Å². The van der Waals surface area contributed by atoms with Crippen LogP contribution in [0.4, 0.5) is 0 Å². The summed E-state index contributed by atoms with van der Waals surface area (Å²) in [4.78, 5) is 11.0. The van der Waals surface area contributed by atoms with Crippen molar-refractivity contribution in [3.8, 4) is 0 Å². The molecule has 0 unspecified atom stereocenters. The topological polar surface area (TPSA) is 37.3 Å². The predicted octanol–water partition coefficient (Wildman–Crippen LogP) is 3.06. The van der Waals surface area contributed by atoms with Crippen molar-refractivity contribution in [2.24, 2.45) is 0 Å². The zero-order valence-electron chi connectivity index (χ0n) is 9.57. The van der Waals surface area contributed by atoms with E-state index in [1.54, 1.807) is 0 Å². The Hall–Kier alpha value is -1.83. The van der Waals surface area contributed by atoms with E-state index in [-0.39, 0.29) is 0 Å². The lowest BCUT2D eigenvalue weighted by atomic mass is 9.83. The van der Waals surface area contributed by atoms with E-state index in [4.69, 9.17) is 5.11 Å². The number of hydrogen-bond acceptors (Lipinski definition) is 1. The van der Waals surface area contributed by atoms with Crippen molar-refractivity contribution >= 4 is 18.1 Å². The van der Waals surface area contributed by atoms with Crippen LogP contribution in [0.1, 0.15) is 35.1 Å². The molecule has 0 aliphatic heterocycles. The van der Waals surface area contributed by atoms with Gasteiger partial charge in [0.2, 0.25) is 0 Å². The third kappa shape index (κ3) is 1.70. The largest absolute Gasteiger partial charge is 0.478 e. The van der Waals surface area contributed by atoms with Crippen molar-refractivity contribution in [1.29, 1.82) is 0 Å². The molecule has 0 aromatic heterocycles.